The van der Waals surface area contributed by atoms with Crippen molar-refractivity contribution in [3.8, 4) is 16.9 Å². The quantitative estimate of drug-likeness (QED) is 0.129. The Hall–Kier alpha value is -3.05. The zero-order chi connectivity index (χ0) is 34.4. The number of aliphatic hydroxyl groups excluding tert-OH is 5. The van der Waals surface area contributed by atoms with E-state index in [9.17, 15) is 25.2 Å². The Morgan fingerprint density at radius 1 is 1.04 bits per heavy atom. The number of rotatable bonds is 18. The molecule has 5 atom stereocenters. The van der Waals surface area contributed by atoms with Crippen LogP contribution in [0.1, 0.15) is 80.9 Å². The molecule has 1 heterocycles. The van der Waals surface area contributed by atoms with Gasteiger partial charge in [0.25, 0.3) is 0 Å². The van der Waals surface area contributed by atoms with E-state index in [-0.39, 0.29) is 30.2 Å². The maximum absolute atomic E-state index is 12.7. The van der Waals surface area contributed by atoms with E-state index in [1.54, 1.807) is 0 Å². The molecule has 9 nitrogen and oxygen atoms in total. The van der Waals surface area contributed by atoms with Gasteiger partial charge in [0.05, 0.1) is 12.7 Å². The van der Waals surface area contributed by atoms with Crippen molar-refractivity contribution >= 4 is 17.5 Å². The number of para-hydroxylation sites is 1. The first kappa shape index (κ1) is 36.2. The van der Waals surface area contributed by atoms with E-state index < -0.39 is 31.0 Å². The molecule has 0 saturated heterocycles. The summed E-state index contributed by atoms with van der Waals surface area (Å²) in [5.74, 6) is 0.936. The number of amides is 1. The largest absolute Gasteiger partial charge is 0.490 e. The van der Waals surface area contributed by atoms with Gasteiger partial charge in [0.15, 0.2) is 0 Å². The number of carbonyl (C=O) groups excluding carboxylic acids is 1. The normalized spacial score (nSPS) is 18.4. The predicted octanol–water partition coefficient (Wildman–Crippen LogP) is 4.78. The number of pyridine rings is 1. The second kappa shape index (κ2) is 16.1. The molecule has 0 aliphatic heterocycles. The molecule has 48 heavy (non-hydrogen) atoms. The van der Waals surface area contributed by atoms with Gasteiger partial charge in [-0.05, 0) is 103 Å². The van der Waals surface area contributed by atoms with Crippen LogP contribution in [-0.4, -0.2) is 92.0 Å². The van der Waals surface area contributed by atoms with Crippen molar-refractivity contribution in [2.24, 2.45) is 0 Å². The van der Waals surface area contributed by atoms with E-state index in [1.807, 2.05) is 24.5 Å². The van der Waals surface area contributed by atoms with Gasteiger partial charge in [-0.2, -0.15) is 0 Å². The highest BCUT2D eigenvalue weighted by atomic mass is 35.5. The van der Waals surface area contributed by atoms with Gasteiger partial charge in [0.1, 0.15) is 30.2 Å². The number of hydrogen-bond donors (Lipinski definition) is 5. The van der Waals surface area contributed by atoms with E-state index in [0.717, 1.165) is 66.8 Å². The summed E-state index contributed by atoms with van der Waals surface area (Å²) in [4.78, 5) is 18.6. The molecule has 0 bridgehead atoms. The van der Waals surface area contributed by atoms with Gasteiger partial charge in [-0.1, -0.05) is 48.9 Å². The number of aromatic nitrogens is 1. The summed E-state index contributed by atoms with van der Waals surface area (Å²) >= 11 is 6.73. The van der Waals surface area contributed by atoms with E-state index >= 15 is 0 Å². The topological polar surface area (TPSA) is 144 Å². The highest BCUT2D eigenvalue weighted by molar-refractivity contribution is 6.31. The molecule has 2 fully saturated rings. The van der Waals surface area contributed by atoms with Crippen LogP contribution in [0.3, 0.4) is 0 Å². The van der Waals surface area contributed by atoms with Crippen LogP contribution in [0.25, 0.3) is 11.1 Å². The number of aliphatic hydroxyl groups is 5. The van der Waals surface area contributed by atoms with Crippen molar-refractivity contribution in [2.45, 2.75) is 107 Å². The molecule has 2 saturated carbocycles. The summed E-state index contributed by atoms with van der Waals surface area (Å²) in [6.07, 6.45) is 5.63. The van der Waals surface area contributed by atoms with Gasteiger partial charge in [-0.3, -0.25) is 9.78 Å². The molecular weight excluding hydrogens is 632 g/mol. The van der Waals surface area contributed by atoms with Gasteiger partial charge < -0.3 is 35.2 Å². The summed E-state index contributed by atoms with van der Waals surface area (Å²) in [6, 6.07) is 16.6. The lowest BCUT2D eigenvalue weighted by Crippen LogP contribution is -2.49. The Morgan fingerprint density at radius 2 is 1.77 bits per heavy atom. The lowest BCUT2D eigenvalue weighted by atomic mass is 9.84. The molecule has 2 aromatic carbocycles. The number of benzene rings is 2. The second-order valence-corrected chi connectivity index (χ2v) is 14.1. The molecule has 0 radical (unpaired) electrons. The average Bonchev–Trinajstić information content (AvgIpc) is 4.04. The van der Waals surface area contributed by atoms with Crippen LogP contribution >= 0.6 is 11.6 Å². The number of nitrogens with zero attached hydrogens (tertiary/aromatic N) is 2. The van der Waals surface area contributed by atoms with E-state index in [0.29, 0.717) is 12.5 Å². The molecule has 1 aromatic heterocycles. The van der Waals surface area contributed by atoms with Gasteiger partial charge in [-0.25, -0.2) is 0 Å². The molecular formula is C38H49ClN2O7. The maximum Gasteiger partial charge on any atom is 0.222 e. The van der Waals surface area contributed by atoms with E-state index in [2.05, 4.69) is 48.3 Å². The summed E-state index contributed by atoms with van der Waals surface area (Å²) in [5.41, 5.74) is 5.92. The van der Waals surface area contributed by atoms with Crippen molar-refractivity contribution < 1.29 is 35.1 Å². The summed E-state index contributed by atoms with van der Waals surface area (Å²) in [6.45, 7) is 1.17. The van der Waals surface area contributed by atoms with Crippen molar-refractivity contribution in [3.63, 3.8) is 0 Å². The average molecular weight is 681 g/mol. The molecule has 1 unspecified atom stereocenters. The number of aryl methyl sites for hydroxylation is 1. The Labute approximate surface area is 288 Å². The van der Waals surface area contributed by atoms with E-state index in [4.69, 9.17) is 21.4 Å². The number of hydrogen-bond acceptors (Lipinski definition) is 8. The molecule has 2 aliphatic carbocycles. The van der Waals surface area contributed by atoms with Crippen LogP contribution in [-0.2, 0) is 16.6 Å². The molecule has 1 amide bonds. The lowest BCUT2D eigenvalue weighted by molar-refractivity contribution is -0.138. The second-order valence-electron chi connectivity index (χ2n) is 13.7. The number of carbonyl (C=O) groups is 1. The third kappa shape index (κ3) is 8.94. The molecule has 3 aromatic rings. The zero-order valence-electron chi connectivity index (χ0n) is 27.8. The minimum atomic E-state index is -1.73. The summed E-state index contributed by atoms with van der Waals surface area (Å²) in [7, 11) is 1.52. The third-order valence-electron chi connectivity index (χ3n) is 9.99. The Bertz CT molecular complexity index is 1530. The zero-order valence-corrected chi connectivity index (χ0v) is 28.6. The fourth-order valence-corrected chi connectivity index (χ4v) is 6.66. The lowest BCUT2D eigenvalue weighted by Gasteiger charge is -2.28. The van der Waals surface area contributed by atoms with Crippen molar-refractivity contribution in [2.75, 3.05) is 20.2 Å². The highest BCUT2D eigenvalue weighted by Gasteiger charge is 2.45. The third-order valence-corrected chi connectivity index (χ3v) is 10.4. The SMILES string of the molecule is CC(CCCC(=O)N(C)C[C@H](O)[C@@H](O)[C@H](O)[C@H](O)CO)c1ccc(Cl)c(CCC2(c3cnccc3-c3ccccc3OC3CC3)CC2)c1. The van der Waals surface area contributed by atoms with Gasteiger partial charge in [-0.15, -0.1) is 0 Å². The number of halogens is 1. The minimum Gasteiger partial charge on any atom is -0.490 e. The van der Waals surface area contributed by atoms with Gasteiger partial charge in [0, 0.05) is 43.0 Å². The summed E-state index contributed by atoms with van der Waals surface area (Å²) in [5, 5.41) is 49.3. The minimum absolute atomic E-state index is 0.0496. The Kier molecular flexibility index (Phi) is 12.2. The van der Waals surface area contributed by atoms with E-state index in [1.165, 1.54) is 28.6 Å². The molecule has 5 N–H and O–H groups in total. The number of likely N-dealkylation sites (N-methyl/N-ethyl adjacent to an activating group) is 1. The molecule has 2 aliphatic rings. The number of ether oxygens (including phenoxy) is 1. The molecule has 0 spiro atoms. The van der Waals surface area contributed by atoms with Crippen molar-refractivity contribution in [3.05, 3.63) is 82.6 Å². The Morgan fingerprint density at radius 3 is 2.48 bits per heavy atom. The first-order valence-corrected chi connectivity index (χ1v) is 17.5. The highest BCUT2D eigenvalue weighted by Crippen LogP contribution is 2.55. The van der Waals surface area contributed by atoms with Crippen LogP contribution in [0.5, 0.6) is 5.75 Å². The first-order chi connectivity index (χ1) is 23.0. The van der Waals surface area contributed by atoms with Gasteiger partial charge in [0.2, 0.25) is 5.91 Å². The summed E-state index contributed by atoms with van der Waals surface area (Å²) < 4.78 is 6.27. The molecule has 10 heteroatoms. The van der Waals surface area contributed by atoms with Crippen LogP contribution < -0.4 is 4.74 Å². The van der Waals surface area contributed by atoms with Crippen molar-refractivity contribution in [1.29, 1.82) is 0 Å². The Balaban J connectivity index is 1.16. The van der Waals surface area contributed by atoms with Crippen LogP contribution in [0.15, 0.2) is 60.9 Å². The molecule has 5 rings (SSSR count). The van der Waals surface area contributed by atoms with Crippen LogP contribution in [0, 0.1) is 0 Å². The standard InChI is InChI=1S/C38H49ClN2O7/c1-24(6-5-9-35(45)41(2)22-32(43)36(46)37(47)33(44)23-42)25-10-13-31(39)26(20-25)14-16-38(17-18-38)30-21-40-19-15-28(30)29-7-3-4-8-34(29)48-27-11-12-27/h3-4,7-8,10,13,15,19-21,24,27,32-33,36-37,42-44,46-47H,5-6,9,11-12,14,16-18,22-23H2,1-2H3/t24?,32-,33+,36+,37+/m0/s1. The molecule has 260 valence electrons. The fourth-order valence-electron chi connectivity index (χ4n) is 6.45. The monoisotopic (exact) mass is 680 g/mol. The smallest absolute Gasteiger partial charge is 0.222 e. The fraction of sp³-hybridized carbons (Fsp3) is 0.526. The van der Waals surface area contributed by atoms with Crippen LogP contribution in [0.4, 0.5) is 0 Å². The first-order valence-electron chi connectivity index (χ1n) is 17.1. The van der Waals surface area contributed by atoms with Crippen LogP contribution in [0.2, 0.25) is 5.02 Å². The van der Waals surface area contributed by atoms with Gasteiger partial charge >= 0.3 is 0 Å². The van der Waals surface area contributed by atoms with Crippen molar-refractivity contribution in [1.82, 2.24) is 9.88 Å². The predicted molar refractivity (Wildman–Crippen MR) is 185 cm³/mol. The maximum atomic E-state index is 12.7.